The van der Waals surface area contributed by atoms with Crippen molar-refractivity contribution in [1.29, 1.82) is 0 Å². The number of aryl methyl sites for hydroxylation is 2. The van der Waals surface area contributed by atoms with Crippen LogP contribution in [0.5, 0.6) is 0 Å². The van der Waals surface area contributed by atoms with Crippen LogP contribution in [0.1, 0.15) is 152 Å². The molecular formula is C64H74N2S2Si. The van der Waals surface area contributed by atoms with Gasteiger partial charge in [0, 0.05) is 41.8 Å². The molecule has 356 valence electrons. The summed E-state index contributed by atoms with van der Waals surface area (Å²) in [6.45, 7) is 18.2. The molecule has 0 radical (unpaired) electrons. The van der Waals surface area contributed by atoms with E-state index in [2.05, 4.69) is 177 Å². The Labute approximate surface area is 423 Å². The lowest BCUT2D eigenvalue weighted by molar-refractivity contribution is 0.616. The molecule has 3 aromatic heterocycles. The average molecular weight is 964 g/mol. The first-order valence-corrected chi connectivity index (χ1v) is 30.6. The number of rotatable bonds is 21. The second-order valence-electron chi connectivity index (χ2n) is 20.8. The number of benzene rings is 5. The highest BCUT2D eigenvalue weighted by molar-refractivity contribution is 7.19. The molecule has 9 rings (SSSR count). The lowest BCUT2D eigenvalue weighted by Crippen LogP contribution is -2.55. The van der Waals surface area contributed by atoms with Gasteiger partial charge in [0.2, 0.25) is 0 Å². The van der Waals surface area contributed by atoms with Crippen LogP contribution in [0.3, 0.4) is 0 Å². The Hall–Kier alpha value is -4.94. The molecule has 69 heavy (non-hydrogen) atoms. The van der Waals surface area contributed by atoms with Gasteiger partial charge in [0.05, 0.1) is 22.4 Å². The van der Waals surface area contributed by atoms with Crippen LogP contribution < -0.4 is 10.4 Å². The van der Waals surface area contributed by atoms with Gasteiger partial charge >= 0.3 is 0 Å². The van der Waals surface area contributed by atoms with Gasteiger partial charge in [-0.1, -0.05) is 221 Å². The van der Waals surface area contributed by atoms with Gasteiger partial charge in [-0.05, 0) is 100 Å². The maximum atomic E-state index is 5.76. The fourth-order valence-electron chi connectivity index (χ4n) is 11.0. The summed E-state index contributed by atoms with van der Waals surface area (Å²) in [5.41, 5.74) is 16.7. The third kappa shape index (κ3) is 10.4. The maximum absolute atomic E-state index is 5.76. The van der Waals surface area contributed by atoms with Crippen LogP contribution in [0.2, 0.25) is 12.1 Å². The average Bonchev–Trinajstić information content (AvgIpc) is 4.10. The molecule has 0 saturated carbocycles. The van der Waals surface area contributed by atoms with Gasteiger partial charge in [-0.15, -0.1) is 22.7 Å². The van der Waals surface area contributed by atoms with Crippen LogP contribution in [0.4, 0.5) is 0 Å². The largest absolute Gasteiger partial charge is 0.243 e. The van der Waals surface area contributed by atoms with E-state index in [1.165, 1.54) is 142 Å². The molecule has 1 aliphatic heterocycles. The van der Waals surface area contributed by atoms with Crippen molar-refractivity contribution in [3.63, 3.8) is 0 Å². The summed E-state index contributed by atoms with van der Waals surface area (Å²) < 4.78 is 0. The van der Waals surface area contributed by atoms with E-state index in [1.54, 1.807) is 10.4 Å². The van der Waals surface area contributed by atoms with E-state index in [1.807, 2.05) is 22.7 Å². The van der Waals surface area contributed by atoms with Crippen LogP contribution in [-0.2, 0) is 0 Å². The summed E-state index contributed by atoms with van der Waals surface area (Å²) >= 11 is 3.74. The van der Waals surface area contributed by atoms with E-state index in [-0.39, 0.29) is 0 Å². The van der Waals surface area contributed by atoms with Crippen LogP contribution in [0.15, 0.2) is 121 Å². The van der Waals surface area contributed by atoms with Gasteiger partial charge < -0.3 is 0 Å². The van der Waals surface area contributed by atoms with Gasteiger partial charge in [0.25, 0.3) is 0 Å². The minimum Gasteiger partial charge on any atom is -0.243 e. The summed E-state index contributed by atoms with van der Waals surface area (Å²) in [5, 5.41) is 3.42. The molecule has 2 nitrogen and oxygen atoms in total. The molecule has 0 unspecified atom stereocenters. The van der Waals surface area contributed by atoms with Crippen LogP contribution >= 0.6 is 22.7 Å². The van der Waals surface area contributed by atoms with E-state index in [9.17, 15) is 0 Å². The van der Waals surface area contributed by atoms with E-state index in [0.717, 1.165) is 44.7 Å². The normalized spacial score (nSPS) is 13.0. The standard InChI is InChI=1S/C64H74N2S2Si/c1-9-11-13-15-17-19-39-69(40-20-18-16-14-12-10-2)59-41-45(7)21-32-52(59)53-33-31-51(42-60(53)69)56-37-38-58(68-56)55-35-34-54(57-36-22-46(8)67-57)63-64(55)66-62(50-29-25-48(26-30-50)44(5)6)61(65-63)49-27-23-47(24-28-49)43(3)4/h21-38,41-44H,9-20,39-40H2,1-8H3. The van der Waals surface area contributed by atoms with Crippen molar-refractivity contribution in [3.05, 3.63) is 143 Å². The van der Waals surface area contributed by atoms with Gasteiger partial charge in [-0.2, -0.15) is 0 Å². The van der Waals surface area contributed by atoms with Crippen molar-refractivity contribution >= 4 is 52.2 Å². The molecule has 5 aromatic carbocycles. The minimum atomic E-state index is -2.04. The Morgan fingerprint density at radius 1 is 0.420 bits per heavy atom. The molecule has 0 fully saturated rings. The molecule has 0 atom stereocenters. The minimum absolute atomic E-state index is 0.450. The second kappa shape index (κ2) is 22.0. The smallest absolute Gasteiger partial charge is 0.119 e. The summed E-state index contributed by atoms with van der Waals surface area (Å²) in [7, 11) is -2.04. The lowest BCUT2D eigenvalue weighted by Gasteiger charge is -2.31. The monoisotopic (exact) mass is 963 g/mol. The van der Waals surface area contributed by atoms with Crippen molar-refractivity contribution in [3.8, 4) is 65.0 Å². The van der Waals surface area contributed by atoms with E-state index >= 15 is 0 Å². The third-order valence-corrected chi connectivity index (χ3v) is 22.6. The molecule has 1 aliphatic rings. The van der Waals surface area contributed by atoms with Crippen molar-refractivity contribution in [2.24, 2.45) is 0 Å². The number of fused-ring (bicyclic) bond motifs is 4. The molecule has 4 heterocycles. The number of unbranched alkanes of at least 4 members (excludes halogenated alkanes) is 10. The fourth-order valence-corrected chi connectivity index (χ4v) is 18.7. The molecule has 0 spiro atoms. The maximum Gasteiger partial charge on any atom is 0.119 e. The zero-order chi connectivity index (χ0) is 48.1. The van der Waals surface area contributed by atoms with Gasteiger partial charge in [0.1, 0.15) is 8.07 Å². The van der Waals surface area contributed by atoms with Crippen LogP contribution in [0.25, 0.3) is 76.0 Å². The Bertz CT molecular complexity index is 2990. The van der Waals surface area contributed by atoms with Gasteiger partial charge in [0.15, 0.2) is 0 Å². The molecule has 0 saturated heterocycles. The first-order chi connectivity index (χ1) is 33.6. The number of aromatic nitrogens is 2. The van der Waals surface area contributed by atoms with Crippen molar-refractivity contribution in [2.45, 2.75) is 156 Å². The highest BCUT2D eigenvalue weighted by atomic mass is 32.1. The summed E-state index contributed by atoms with van der Waals surface area (Å²) in [4.78, 5) is 16.6. The highest BCUT2D eigenvalue weighted by Crippen LogP contribution is 2.45. The molecule has 0 N–H and O–H groups in total. The van der Waals surface area contributed by atoms with Gasteiger partial charge in [-0.3, -0.25) is 0 Å². The first kappa shape index (κ1) is 49.1. The Kier molecular flexibility index (Phi) is 15.6. The van der Waals surface area contributed by atoms with E-state index < -0.39 is 8.07 Å². The quantitative estimate of drug-likeness (QED) is 0.0530. The van der Waals surface area contributed by atoms with E-state index in [0.29, 0.717) is 11.8 Å². The number of hydrogen-bond donors (Lipinski definition) is 0. The van der Waals surface area contributed by atoms with Gasteiger partial charge in [-0.25, -0.2) is 9.97 Å². The van der Waals surface area contributed by atoms with Crippen molar-refractivity contribution in [1.82, 2.24) is 9.97 Å². The predicted molar refractivity (Wildman–Crippen MR) is 307 cm³/mol. The lowest BCUT2D eigenvalue weighted by atomic mass is 9.96. The van der Waals surface area contributed by atoms with Crippen molar-refractivity contribution < 1.29 is 0 Å². The summed E-state index contributed by atoms with van der Waals surface area (Å²) in [6.07, 6.45) is 16.2. The highest BCUT2D eigenvalue weighted by Gasteiger charge is 2.44. The number of thiophene rings is 2. The topological polar surface area (TPSA) is 25.8 Å². The molecule has 8 aromatic rings. The molecule has 0 aliphatic carbocycles. The molecule has 0 amide bonds. The predicted octanol–water partition coefficient (Wildman–Crippen LogP) is 19.2. The molecular weight excluding hydrogens is 889 g/mol. The van der Waals surface area contributed by atoms with E-state index in [4.69, 9.17) is 9.97 Å². The van der Waals surface area contributed by atoms with Crippen LogP contribution in [0, 0.1) is 13.8 Å². The first-order valence-electron chi connectivity index (χ1n) is 26.6. The zero-order valence-electron chi connectivity index (χ0n) is 42.8. The molecule has 5 heteroatoms. The molecule has 0 bridgehead atoms. The SMILES string of the molecule is CCCCCCCC[Si]1(CCCCCCCC)c2cc(C)ccc2-c2ccc(-c3ccc(-c4ccc(-c5ccc(C)s5)c5nc(-c6ccc(C(C)C)cc6)c(-c6ccc(C(C)C)cc6)nc45)s3)cc21. The number of nitrogens with zero attached hydrogens (tertiary/aromatic N) is 2. The second-order valence-corrected chi connectivity index (χ2v) is 27.4. The van der Waals surface area contributed by atoms with Crippen LogP contribution in [-0.4, -0.2) is 18.0 Å². The van der Waals surface area contributed by atoms with Crippen molar-refractivity contribution in [2.75, 3.05) is 0 Å². The summed E-state index contributed by atoms with van der Waals surface area (Å²) in [6, 6.07) is 49.7. The fraction of sp³-hybridized carbons (Fsp3) is 0.375. The Morgan fingerprint density at radius 2 is 0.855 bits per heavy atom. The zero-order valence-corrected chi connectivity index (χ0v) is 45.4. The Morgan fingerprint density at radius 3 is 1.36 bits per heavy atom. The third-order valence-electron chi connectivity index (χ3n) is 15.1. The Balaban J connectivity index is 1.16. The summed E-state index contributed by atoms with van der Waals surface area (Å²) in [5.74, 6) is 0.903. The number of hydrogen-bond acceptors (Lipinski definition) is 4.